The van der Waals surface area contributed by atoms with E-state index in [2.05, 4.69) is 9.93 Å². The van der Waals surface area contributed by atoms with E-state index in [1.165, 1.54) is 13.1 Å². The largest absolute Gasteiger partial charge is 0.427 e. The fourth-order valence-electron chi connectivity index (χ4n) is 2.59. The Hall–Kier alpha value is -2.67. The molecule has 0 aliphatic rings. The van der Waals surface area contributed by atoms with Crippen LogP contribution in [0.1, 0.15) is 29.2 Å². The van der Waals surface area contributed by atoms with E-state index < -0.39 is 16.0 Å². The zero-order chi connectivity index (χ0) is 18.6. The number of aryl methyl sites for hydroxylation is 3. The molecule has 1 N–H and O–H groups in total. The highest BCUT2D eigenvalue weighted by Crippen LogP contribution is 2.21. The molecule has 0 spiro atoms. The topological polar surface area (TPSA) is 84.8 Å². The second-order valence-corrected chi connectivity index (χ2v) is 7.34. The van der Waals surface area contributed by atoms with E-state index in [-0.39, 0.29) is 4.90 Å². The molecule has 0 fully saturated rings. The molecule has 0 saturated carbocycles. The number of carbonyl (C=O) groups excluding carboxylic acids is 1. The average Bonchev–Trinajstić information content (AvgIpc) is 2.46. The zero-order valence-electron chi connectivity index (χ0n) is 14.5. The van der Waals surface area contributed by atoms with Crippen LogP contribution in [0.3, 0.4) is 0 Å². The Labute approximate surface area is 147 Å². The lowest BCUT2D eigenvalue weighted by Gasteiger charge is -2.11. The molecule has 0 radical (unpaired) electrons. The SMILES string of the molecule is CC(=O)Oc1ccc(/C=N/NS(=O)(=O)c2c(C)cc(C)cc2C)cc1. The van der Waals surface area contributed by atoms with Crippen LogP contribution in [0.25, 0.3) is 0 Å². The predicted molar refractivity (Wildman–Crippen MR) is 96.3 cm³/mol. The summed E-state index contributed by atoms with van der Waals surface area (Å²) in [5.74, 6) is 0.00847. The van der Waals surface area contributed by atoms with Crippen LogP contribution in [0, 0.1) is 20.8 Å². The van der Waals surface area contributed by atoms with Gasteiger partial charge in [-0.15, -0.1) is 0 Å². The van der Waals surface area contributed by atoms with Gasteiger partial charge in [0.1, 0.15) is 5.75 Å². The molecule has 0 aromatic heterocycles. The molecule has 0 heterocycles. The molecule has 0 atom stereocenters. The van der Waals surface area contributed by atoms with Gasteiger partial charge in [-0.25, -0.2) is 4.83 Å². The van der Waals surface area contributed by atoms with Crippen molar-refractivity contribution in [2.75, 3.05) is 0 Å². The molecular weight excluding hydrogens is 340 g/mol. The summed E-state index contributed by atoms with van der Waals surface area (Å²) in [6.07, 6.45) is 1.38. The van der Waals surface area contributed by atoms with E-state index in [0.29, 0.717) is 22.4 Å². The summed E-state index contributed by atoms with van der Waals surface area (Å²) < 4.78 is 29.9. The number of sulfonamides is 1. The Morgan fingerprint density at radius 3 is 2.16 bits per heavy atom. The van der Waals surface area contributed by atoms with Gasteiger partial charge >= 0.3 is 5.97 Å². The number of ether oxygens (including phenoxy) is 1. The van der Waals surface area contributed by atoms with Gasteiger partial charge < -0.3 is 4.74 Å². The number of benzene rings is 2. The first kappa shape index (κ1) is 18.7. The lowest BCUT2D eigenvalue weighted by molar-refractivity contribution is -0.131. The van der Waals surface area contributed by atoms with Crippen molar-refractivity contribution in [3.8, 4) is 5.75 Å². The number of hydrazone groups is 1. The number of hydrogen-bond acceptors (Lipinski definition) is 5. The van der Waals surface area contributed by atoms with Crippen LogP contribution >= 0.6 is 0 Å². The van der Waals surface area contributed by atoms with Crippen molar-refractivity contribution in [3.05, 3.63) is 58.7 Å². The van der Waals surface area contributed by atoms with Crippen LogP contribution in [0.2, 0.25) is 0 Å². The molecule has 0 aliphatic heterocycles. The van der Waals surface area contributed by atoms with Crippen molar-refractivity contribution < 1.29 is 17.9 Å². The summed E-state index contributed by atoms with van der Waals surface area (Å²) >= 11 is 0. The number of carbonyl (C=O) groups is 1. The summed E-state index contributed by atoms with van der Waals surface area (Å²) in [5.41, 5.74) is 3.01. The summed E-state index contributed by atoms with van der Waals surface area (Å²) in [6.45, 7) is 6.75. The zero-order valence-corrected chi connectivity index (χ0v) is 15.3. The van der Waals surface area contributed by atoms with E-state index >= 15 is 0 Å². The molecule has 6 nitrogen and oxygen atoms in total. The van der Waals surface area contributed by atoms with Crippen LogP contribution in [0.4, 0.5) is 0 Å². The molecule has 2 aromatic carbocycles. The summed E-state index contributed by atoms with van der Waals surface area (Å²) in [6, 6.07) is 10.2. The van der Waals surface area contributed by atoms with Gasteiger partial charge in [0, 0.05) is 6.92 Å². The second-order valence-electron chi connectivity index (χ2n) is 5.74. The Balaban J connectivity index is 2.14. The molecule has 0 bridgehead atoms. The highest BCUT2D eigenvalue weighted by atomic mass is 32.2. The highest BCUT2D eigenvalue weighted by Gasteiger charge is 2.18. The minimum absolute atomic E-state index is 0.237. The van der Waals surface area contributed by atoms with E-state index in [9.17, 15) is 13.2 Å². The third-order valence-corrected chi connectivity index (χ3v) is 4.93. The van der Waals surface area contributed by atoms with Crippen molar-refractivity contribution in [2.24, 2.45) is 5.10 Å². The van der Waals surface area contributed by atoms with E-state index in [0.717, 1.165) is 5.56 Å². The van der Waals surface area contributed by atoms with Crippen LogP contribution in [0.15, 0.2) is 46.4 Å². The maximum Gasteiger partial charge on any atom is 0.308 e. The molecule has 0 aliphatic carbocycles. The number of nitrogens with one attached hydrogen (secondary N) is 1. The first-order valence-electron chi connectivity index (χ1n) is 7.60. The van der Waals surface area contributed by atoms with E-state index in [1.807, 2.05) is 19.1 Å². The van der Waals surface area contributed by atoms with Gasteiger partial charge in [-0.1, -0.05) is 17.7 Å². The van der Waals surface area contributed by atoms with Crippen molar-refractivity contribution in [1.82, 2.24) is 4.83 Å². The minimum Gasteiger partial charge on any atom is -0.427 e. The first-order chi connectivity index (χ1) is 11.7. The van der Waals surface area contributed by atoms with Gasteiger partial charge in [-0.3, -0.25) is 4.79 Å². The summed E-state index contributed by atoms with van der Waals surface area (Å²) in [5, 5.41) is 3.81. The molecule has 0 amide bonds. The molecule has 2 rings (SSSR count). The lowest BCUT2D eigenvalue weighted by Crippen LogP contribution is -2.20. The molecule has 132 valence electrons. The minimum atomic E-state index is -3.75. The third-order valence-electron chi connectivity index (χ3n) is 3.40. The van der Waals surface area contributed by atoms with Gasteiger partial charge in [0.25, 0.3) is 10.0 Å². The number of esters is 1. The maximum atomic E-state index is 12.5. The van der Waals surface area contributed by atoms with Gasteiger partial charge in [-0.05, 0) is 61.7 Å². The van der Waals surface area contributed by atoms with Crippen molar-refractivity contribution in [1.29, 1.82) is 0 Å². The van der Waals surface area contributed by atoms with Crippen LogP contribution in [-0.4, -0.2) is 20.6 Å². The Kier molecular flexibility index (Phi) is 5.58. The maximum absolute atomic E-state index is 12.5. The Morgan fingerprint density at radius 2 is 1.64 bits per heavy atom. The number of nitrogens with zero attached hydrogens (tertiary/aromatic N) is 1. The number of rotatable bonds is 5. The molecule has 0 unspecified atom stereocenters. The average molecular weight is 360 g/mol. The fraction of sp³-hybridized carbons (Fsp3) is 0.222. The smallest absolute Gasteiger partial charge is 0.308 e. The van der Waals surface area contributed by atoms with Gasteiger partial charge in [0.2, 0.25) is 0 Å². The third kappa shape index (κ3) is 4.90. The summed E-state index contributed by atoms with van der Waals surface area (Å²) in [7, 11) is -3.75. The van der Waals surface area contributed by atoms with Crippen LogP contribution < -0.4 is 9.57 Å². The second kappa shape index (κ2) is 7.48. The summed E-state index contributed by atoms with van der Waals surface area (Å²) in [4.78, 5) is 13.3. The van der Waals surface area contributed by atoms with E-state index in [4.69, 9.17) is 4.74 Å². The first-order valence-corrected chi connectivity index (χ1v) is 9.08. The Bertz CT molecular complexity index is 894. The molecule has 25 heavy (non-hydrogen) atoms. The van der Waals surface area contributed by atoms with Gasteiger partial charge in [0.15, 0.2) is 0 Å². The molecule has 7 heteroatoms. The van der Waals surface area contributed by atoms with Crippen LogP contribution in [-0.2, 0) is 14.8 Å². The highest BCUT2D eigenvalue weighted by molar-refractivity contribution is 7.89. The molecule has 0 saturated heterocycles. The predicted octanol–water partition coefficient (Wildman–Crippen LogP) is 2.85. The molecular formula is C18H20N2O4S. The van der Waals surface area contributed by atoms with Gasteiger partial charge in [0.05, 0.1) is 11.1 Å². The number of hydrogen-bond donors (Lipinski definition) is 1. The van der Waals surface area contributed by atoms with Crippen molar-refractivity contribution in [2.45, 2.75) is 32.6 Å². The lowest BCUT2D eigenvalue weighted by atomic mass is 10.1. The fourth-order valence-corrected chi connectivity index (χ4v) is 3.84. The molecule has 2 aromatic rings. The van der Waals surface area contributed by atoms with Crippen molar-refractivity contribution >= 4 is 22.2 Å². The van der Waals surface area contributed by atoms with Crippen LogP contribution in [0.5, 0.6) is 5.75 Å². The Morgan fingerprint density at radius 1 is 1.08 bits per heavy atom. The van der Waals surface area contributed by atoms with Gasteiger partial charge in [-0.2, -0.15) is 13.5 Å². The standard InChI is InChI=1S/C18H20N2O4S/c1-12-9-13(2)18(14(3)10-12)25(22,23)20-19-11-16-5-7-17(8-6-16)24-15(4)21/h5-11,20H,1-4H3/b19-11+. The normalized spacial score (nSPS) is 11.5. The quantitative estimate of drug-likeness (QED) is 0.384. The monoisotopic (exact) mass is 360 g/mol. The van der Waals surface area contributed by atoms with Crippen molar-refractivity contribution in [3.63, 3.8) is 0 Å². The van der Waals surface area contributed by atoms with E-state index in [1.54, 1.807) is 38.1 Å².